The minimum atomic E-state index is -1.21. The van der Waals surface area contributed by atoms with Crippen molar-refractivity contribution in [3.05, 3.63) is 70.8 Å². The van der Waals surface area contributed by atoms with E-state index in [-0.39, 0.29) is 13.2 Å². The van der Waals surface area contributed by atoms with E-state index >= 15 is 0 Å². The molecule has 2 aromatic rings. The van der Waals surface area contributed by atoms with Gasteiger partial charge in [-0.2, -0.15) is 0 Å². The third-order valence-electron chi connectivity index (χ3n) is 4.05. The molecule has 0 radical (unpaired) electrons. The highest BCUT2D eigenvalue weighted by Gasteiger charge is 2.32. The number of ether oxygens (including phenoxy) is 3. The lowest BCUT2D eigenvalue weighted by Gasteiger charge is -2.16. The van der Waals surface area contributed by atoms with Crippen LogP contribution in [0.15, 0.2) is 48.5 Å². The molecule has 0 aromatic heterocycles. The average molecular weight is 408 g/mol. The summed E-state index contributed by atoms with van der Waals surface area (Å²) >= 11 is 0. The second-order valence-corrected chi connectivity index (χ2v) is 6.07. The van der Waals surface area contributed by atoms with E-state index in [0.717, 1.165) is 0 Å². The fourth-order valence-electron chi connectivity index (χ4n) is 2.71. The summed E-state index contributed by atoms with van der Waals surface area (Å²) in [5, 5.41) is 0. The minimum Gasteiger partial charge on any atom is -0.465 e. The first-order chi connectivity index (χ1) is 14.5. The minimum absolute atomic E-state index is 0.148. The van der Waals surface area contributed by atoms with Crippen molar-refractivity contribution in [2.45, 2.75) is 26.7 Å². The Morgan fingerprint density at radius 1 is 0.767 bits per heavy atom. The van der Waals surface area contributed by atoms with Gasteiger partial charge in [-0.05, 0) is 56.7 Å². The van der Waals surface area contributed by atoms with Gasteiger partial charge in [0, 0.05) is 11.1 Å². The van der Waals surface area contributed by atoms with Crippen molar-refractivity contribution in [1.29, 1.82) is 0 Å². The lowest BCUT2D eigenvalue weighted by atomic mass is 9.94. The van der Waals surface area contributed by atoms with E-state index in [2.05, 4.69) is 11.8 Å². The predicted molar refractivity (Wildman–Crippen MR) is 111 cm³/mol. The number of carbonyl (C=O) groups is 3. The second kappa shape index (κ2) is 11.4. The largest absolute Gasteiger partial charge is 0.465 e. The highest BCUT2D eigenvalue weighted by atomic mass is 16.6. The zero-order chi connectivity index (χ0) is 21.9. The number of benzene rings is 2. The maximum atomic E-state index is 12.4. The van der Waals surface area contributed by atoms with Crippen LogP contribution in [0.2, 0.25) is 0 Å². The molecule has 0 saturated heterocycles. The van der Waals surface area contributed by atoms with E-state index in [1.54, 1.807) is 69.3 Å². The Hall–Kier alpha value is -3.59. The Morgan fingerprint density at radius 2 is 1.33 bits per heavy atom. The van der Waals surface area contributed by atoms with Crippen molar-refractivity contribution in [2.24, 2.45) is 0 Å². The zero-order valence-electron chi connectivity index (χ0n) is 17.3. The Morgan fingerprint density at radius 3 is 1.90 bits per heavy atom. The Balaban J connectivity index is 2.35. The molecule has 0 spiro atoms. The monoisotopic (exact) mass is 408 g/mol. The SMILES string of the molecule is CCOC(=O)c1ccc(C#Cc2ccccc2C(C(=O)OCC)C(=O)OCC)cc1. The van der Waals surface area contributed by atoms with Crippen molar-refractivity contribution >= 4 is 17.9 Å². The van der Waals surface area contributed by atoms with Gasteiger partial charge in [0.2, 0.25) is 0 Å². The van der Waals surface area contributed by atoms with Gasteiger partial charge in [0.25, 0.3) is 0 Å². The van der Waals surface area contributed by atoms with Crippen molar-refractivity contribution in [3.8, 4) is 11.8 Å². The number of hydrogen-bond acceptors (Lipinski definition) is 6. The summed E-state index contributed by atoms with van der Waals surface area (Å²) in [7, 11) is 0. The van der Waals surface area contributed by atoms with Gasteiger partial charge in [-0.1, -0.05) is 30.0 Å². The summed E-state index contributed by atoms with van der Waals surface area (Å²) in [6.45, 7) is 5.69. The molecule has 2 rings (SSSR count). The van der Waals surface area contributed by atoms with Gasteiger partial charge in [-0.3, -0.25) is 9.59 Å². The predicted octanol–water partition coefficient (Wildman–Crippen LogP) is 3.47. The summed E-state index contributed by atoms with van der Waals surface area (Å²) in [6, 6.07) is 13.5. The molecule has 6 heteroatoms. The number of hydrogen-bond donors (Lipinski definition) is 0. The van der Waals surface area contributed by atoms with Crippen LogP contribution in [0.4, 0.5) is 0 Å². The normalized spacial score (nSPS) is 10.0. The Bertz CT molecular complexity index is 932. The average Bonchev–Trinajstić information content (AvgIpc) is 2.74. The van der Waals surface area contributed by atoms with Gasteiger partial charge in [0.05, 0.1) is 25.4 Å². The van der Waals surface area contributed by atoms with Crippen LogP contribution in [0.3, 0.4) is 0 Å². The van der Waals surface area contributed by atoms with Gasteiger partial charge in [-0.15, -0.1) is 0 Å². The summed E-state index contributed by atoms with van der Waals surface area (Å²) < 4.78 is 15.1. The fourth-order valence-corrected chi connectivity index (χ4v) is 2.71. The molecule has 30 heavy (non-hydrogen) atoms. The highest BCUT2D eigenvalue weighted by molar-refractivity contribution is 6.01. The molecule has 0 fully saturated rings. The summed E-state index contributed by atoms with van der Waals surface area (Å²) in [6.07, 6.45) is 0. The molecular formula is C24H24O6. The Kier molecular flexibility index (Phi) is 8.64. The first-order valence-electron chi connectivity index (χ1n) is 9.73. The van der Waals surface area contributed by atoms with Crippen LogP contribution < -0.4 is 0 Å². The maximum absolute atomic E-state index is 12.4. The number of carbonyl (C=O) groups excluding carboxylic acids is 3. The van der Waals surface area contributed by atoms with Crippen LogP contribution in [0.5, 0.6) is 0 Å². The van der Waals surface area contributed by atoms with Crippen LogP contribution in [0.25, 0.3) is 0 Å². The van der Waals surface area contributed by atoms with Crippen LogP contribution in [-0.4, -0.2) is 37.7 Å². The molecule has 0 aliphatic heterocycles. The summed E-state index contributed by atoms with van der Waals surface area (Å²) in [4.78, 5) is 36.6. The van der Waals surface area contributed by atoms with E-state index in [4.69, 9.17) is 14.2 Å². The molecule has 0 N–H and O–H groups in total. The standard InChI is InChI=1S/C24H24O6/c1-4-28-22(25)19-15-12-17(13-16-19)11-14-18-9-7-8-10-20(18)21(23(26)29-5-2)24(27)30-6-3/h7-10,12-13,15-16,21H,4-6H2,1-3H3. The summed E-state index contributed by atoms with van der Waals surface area (Å²) in [5.41, 5.74) is 2.04. The smallest absolute Gasteiger partial charge is 0.338 e. The van der Waals surface area contributed by atoms with Crippen molar-refractivity contribution < 1.29 is 28.6 Å². The van der Waals surface area contributed by atoms with E-state index in [0.29, 0.717) is 28.9 Å². The molecular weight excluding hydrogens is 384 g/mol. The van der Waals surface area contributed by atoms with Gasteiger partial charge >= 0.3 is 17.9 Å². The Labute approximate surface area is 176 Å². The van der Waals surface area contributed by atoms with E-state index < -0.39 is 23.8 Å². The molecule has 0 aliphatic rings. The van der Waals surface area contributed by atoms with Crippen molar-refractivity contribution in [2.75, 3.05) is 19.8 Å². The van der Waals surface area contributed by atoms with Gasteiger partial charge in [0.15, 0.2) is 5.92 Å². The van der Waals surface area contributed by atoms with Crippen LogP contribution in [0.1, 0.15) is 53.7 Å². The molecule has 0 bridgehead atoms. The molecule has 0 saturated carbocycles. The molecule has 0 unspecified atom stereocenters. The summed E-state index contributed by atoms with van der Waals surface area (Å²) in [5.74, 6) is 3.03. The van der Waals surface area contributed by atoms with Gasteiger partial charge in [0.1, 0.15) is 0 Å². The first kappa shape index (κ1) is 22.7. The zero-order valence-corrected chi connectivity index (χ0v) is 17.3. The van der Waals surface area contributed by atoms with Crippen LogP contribution >= 0.6 is 0 Å². The molecule has 0 heterocycles. The van der Waals surface area contributed by atoms with Crippen molar-refractivity contribution in [3.63, 3.8) is 0 Å². The van der Waals surface area contributed by atoms with E-state index in [1.165, 1.54) is 0 Å². The third kappa shape index (κ3) is 5.95. The maximum Gasteiger partial charge on any atom is 0.338 e. The molecule has 156 valence electrons. The van der Waals surface area contributed by atoms with Gasteiger partial charge < -0.3 is 14.2 Å². The molecule has 0 atom stereocenters. The van der Waals surface area contributed by atoms with Crippen molar-refractivity contribution in [1.82, 2.24) is 0 Å². The van der Waals surface area contributed by atoms with E-state index in [9.17, 15) is 14.4 Å². The quantitative estimate of drug-likeness (QED) is 0.302. The number of esters is 3. The first-order valence-corrected chi connectivity index (χ1v) is 9.73. The molecule has 0 amide bonds. The fraction of sp³-hybridized carbons (Fsp3) is 0.292. The highest BCUT2D eigenvalue weighted by Crippen LogP contribution is 2.23. The molecule has 2 aromatic carbocycles. The third-order valence-corrected chi connectivity index (χ3v) is 4.05. The lowest BCUT2D eigenvalue weighted by Crippen LogP contribution is -2.26. The van der Waals surface area contributed by atoms with Crippen LogP contribution in [-0.2, 0) is 23.8 Å². The molecule has 6 nitrogen and oxygen atoms in total. The number of rotatable bonds is 7. The second-order valence-electron chi connectivity index (χ2n) is 6.07. The molecule has 0 aliphatic carbocycles. The van der Waals surface area contributed by atoms with Gasteiger partial charge in [-0.25, -0.2) is 4.79 Å². The topological polar surface area (TPSA) is 78.9 Å². The van der Waals surface area contributed by atoms with E-state index in [1.807, 2.05) is 0 Å². The lowest BCUT2D eigenvalue weighted by molar-refractivity contribution is -0.156. The van der Waals surface area contributed by atoms with Crippen LogP contribution in [0, 0.1) is 11.8 Å².